The van der Waals surface area contributed by atoms with E-state index in [1.807, 2.05) is 37.3 Å². The van der Waals surface area contributed by atoms with Crippen LogP contribution in [0.3, 0.4) is 0 Å². The molecule has 1 aliphatic rings. The third-order valence-corrected chi connectivity index (χ3v) is 6.39. The third kappa shape index (κ3) is 5.09. The number of hydrogen-bond acceptors (Lipinski definition) is 7. The van der Waals surface area contributed by atoms with Crippen LogP contribution in [0.2, 0.25) is 0 Å². The molecule has 0 saturated carbocycles. The number of phenolic OH excluding ortho intramolecular Hbond substituents is 1. The van der Waals surface area contributed by atoms with Crippen molar-refractivity contribution in [3.05, 3.63) is 59.6 Å². The minimum atomic E-state index is -0.395. The maximum atomic E-state index is 10.4. The van der Waals surface area contributed by atoms with Crippen molar-refractivity contribution >= 4 is 22.9 Å². The molecule has 1 aromatic heterocycles. The van der Waals surface area contributed by atoms with Gasteiger partial charge in [-0.3, -0.25) is 0 Å². The number of nitrogens with one attached hydrogen (secondary N) is 1. The molecule has 1 unspecified atom stereocenters. The molecule has 2 N–H and O–H groups in total. The van der Waals surface area contributed by atoms with Gasteiger partial charge in [0.1, 0.15) is 5.75 Å². The summed E-state index contributed by atoms with van der Waals surface area (Å²) in [6.07, 6.45) is 0.972. The Bertz CT molecular complexity index is 1250. The molecule has 0 radical (unpaired) electrons. The lowest BCUT2D eigenvalue weighted by atomic mass is 9.94. The van der Waals surface area contributed by atoms with Crippen LogP contribution >= 0.6 is 12.2 Å². The van der Waals surface area contributed by atoms with Gasteiger partial charge in [-0.1, -0.05) is 37.2 Å². The standard InChI is InChI=1S/C26H30N4O4S/c1-15(2)11-12-30-16(3)22(23(27-26(30)35)17-9-10-21(33-5)20(31)14-17)25-28-24(29-34-25)18-7-6-8-19(13-18)32-4/h6-10,13-15,23,31H,11-12H2,1-5H3,(H,27,35). The van der Waals surface area contributed by atoms with E-state index in [0.29, 0.717) is 34.2 Å². The summed E-state index contributed by atoms with van der Waals surface area (Å²) in [6.45, 7) is 7.13. The molecule has 184 valence electrons. The number of methoxy groups -OCH3 is 2. The molecule has 0 amide bonds. The molecule has 9 heteroatoms. The van der Waals surface area contributed by atoms with Crippen molar-refractivity contribution in [3.63, 3.8) is 0 Å². The lowest BCUT2D eigenvalue weighted by Crippen LogP contribution is -2.46. The summed E-state index contributed by atoms with van der Waals surface area (Å²) in [4.78, 5) is 6.80. The van der Waals surface area contributed by atoms with E-state index in [1.54, 1.807) is 19.2 Å². The van der Waals surface area contributed by atoms with Gasteiger partial charge in [0, 0.05) is 17.8 Å². The van der Waals surface area contributed by atoms with Gasteiger partial charge < -0.3 is 29.3 Å². The second kappa shape index (κ2) is 10.4. The summed E-state index contributed by atoms with van der Waals surface area (Å²) in [7, 11) is 3.13. The van der Waals surface area contributed by atoms with Gasteiger partial charge >= 0.3 is 0 Å². The zero-order valence-corrected chi connectivity index (χ0v) is 21.3. The summed E-state index contributed by atoms with van der Waals surface area (Å²) in [6, 6.07) is 12.4. The lowest BCUT2D eigenvalue weighted by Gasteiger charge is -2.37. The van der Waals surface area contributed by atoms with E-state index in [1.165, 1.54) is 7.11 Å². The Balaban J connectivity index is 1.80. The lowest BCUT2D eigenvalue weighted by molar-refractivity contribution is 0.372. The fraction of sp³-hybridized carbons (Fsp3) is 0.346. The number of thiocarbonyl (C=S) groups is 1. The van der Waals surface area contributed by atoms with Crippen molar-refractivity contribution in [1.29, 1.82) is 0 Å². The van der Waals surface area contributed by atoms with Crippen LogP contribution < -0.4 is 14.8 Å². The number of benzene rings is 2. The van der Waals surface area contributed by atoms with Crippen LogP contribution in [0.4, 0.5) is 0 Å². The number of rotatable bonds is 8. The summed E-state index contributed by atoms with van der Waals surface area (Å²) in [5.41, 5.74) is 3.31. The van der Waals surface area contributed by atoms with Crippen LogP contribution in [0.5, 0.6) is 17.2 Å². The molecule has 0 bridgehead atoms. The molecular weight excluding hydrogens is 464 g/mol. The van der Waals surface area contributed by atoms with Gasteiger partial charge in [-0.25, -0.2) is 0 Å². The van der Waals surface area contributed by atoms with Crippen molar-refractivity contribution in [2.24, 2.45) is 5.92 Å². The van der Waals surface area contributed by atoms with Crippen LogP contribution in [0.15, 0.2) is 52.7 Å². The number of ether oxygens (including phenoxy) is 2. The van der Waals surface area contributed by atoms with E-state index in [4.69, 9.17) is 31.2 Å². The fourth-order valence-corrected chi connectivity index (χ4v) is 4.41. The number of phenols is 1. The molecule has 0 aliphatic carbocycles. The Labute approximate surface area is 210 Å². The van der Waals surface area contributed by atoms with E-state index < -0.39 is 6.04 Å². The minimum absolute atomic E-state index is 0.0413. The fourth-order valence-electron chi connectivity index (χ4n) is 4.06. The first-order valence-corrected chi connectivity index (χ1v) is 11.9. The molecule has 0 fully saturated rings. The highest BCUT2D eigenvalue weighted by atomic mass is 32.1. The van der Waals surface area contributed by atoms with Crippen LogP contribution in [0.1, 0.15) is 44.7 Å². The predicted octanol–water partition coefficient (Wildman–Crippen LogP) is 5.17. The summed E-state index contributed by atoms with van der Waals surface area (Å²) in [5, 5.41) is 18.7. The number of aromatic hydroxyl groups is 1. The van der Waals surface area contributed by atoms with E-state index in [9.17, 15) is 5.11 Å². The molecule has 35 heavy (non-hydrogen) atoms. The highest BCUT2D eigenvalue weighted by Crippen LogP contribution is 2.40. The van der Waals surface area contributed by atoms with E-state index >= 15 is 0 Å². The Hall–Kier alpha value is -3.59. The average Bonchev–Trinajstić information content (AvgIpc) is 3.33. The maximum Gasteiger partial charge on any atom is 0.258 e. The topological polar surface area (TPSA) is 92.9 Å². The second-order valence-corrected chi connectivity index (χ2v) is 9.19. The molecular formula is C26H30N4O4S. The zero-order valence-electron chi connectivity index (χ0n) is 20.5. The maximum absolute atomic E-state index is 10.4. The minimum Gasteiger partial charge on any atom is -0.504 e. The van der Waals surface area contributed by atoms with Gasteiger partial charge in [0.15, 0.2) is 16.6 Å². The van der Waals surface area contributed by atoms with Crippen molar-refractivity contribution in [1.82, 2.24) is 20.4 Å². The number of aromatic nitrogens is 2. The van der Waals surface area contributed by atoms with Crippen molar-refractivity contribution in [2.45, 2.75) is 33.2 Å². The molecule has 3 aromatic rings. The Morgan fingerprint density at radius 2 is 1.97 bits per heavy atom. The average molecular weight is 495 g/mol. The highest BCUT2D eigenvalue weighted by Gasteiger charge is 2.34. The van der Waals surface area contributed by atoms with Gasteiger partial charge in [-0.2, -0.15) is 4.98 Å². The van der Waals surface area contributed by atoms with E-state index in [0.717, 1.165) is 35.4 Å². The first-order chi connectivity index (χ1) is 16.8. The van der Waals surface area contributed by atoms with Crippen molar-refractivity contribution in [2.75, 3.05) is 20.8 Å². The highest BCUT2D eigenvalue weighted by molar-refractivity contribution is 7.80. The van der Waals surface area contributed by atoms with Gasteiger partial charge in [-0.15, -0.1) is 0 Å². The molecule has 2 heterocycles. The molecule has 1 aliphatic heterocycles. The third-order valence-electron chi connectivity index (χ3n) is 6.05. The van der Waals surface area contributed by atoms with Crippen molar-refractivity contribution < 1.29 is 19.1 Å². The van der Waals surface area contributed by atoms with E-state index in [-0.39, 0.29) is 5.75 Å². The molecule has 1 atom stereocenters. The smallest absolute Gasteiger partial charge is 0.258 e. The first-order valence-electron chi connectivity index (χ1n) is 11.5. The normalized spacial score (nSPS) is 16.0. The summed E-state index contributed by atoms with van der Waals surface area (Å²) < 4.78 is 16.3. The summed E-state index contributed by atoms with van der Waals surface area (Å²) >= 11 is 5.74. The number of hydrogen-bond donors (Lipinski definition) is 2. The van der Waals surface area contributed by atoms with Gasteiger partial charge in [-0.05, 0) is 61.3 Å². The molecule has 2 aromatic carbocycles. The molecule has 8 nitrogen and oxygen atoms in total. The van der Waals surface area contributed by atoms with Crippen molar-refractivity contribution in [3.8, 4) is 28.6 Å². The Kier molecular flexibility index (Phi) is 7.25. The van der Waals surface area contributed by atoms with Crippen LogP contribution in [-0.2, 0) is 0 Å². The SMILES string of the molecule is COc1cccc(-c2noc(C3=C(C)N(CCC(C)C)C(=S)NC3c3ccc(OC)c(O)c3)n2)c1. The first kappa shape index (κ1) is 24.5. The Morgan fingerprint density at radius 3 is 2.66 bits per heavy atom. The Morgan fingerprint density at radius 1 is 1.17 bits per heavy atom. The number of nitrogens with zero attached hydrogens (tertiary/aromatic N) is 3. The van der Waals surface area contributed by atoms with Gasteiger partial charge in [0.25, 0.3) is 5.89 Å². The number of allylic oxidation sites excluding steroid dienone is 1. The van der Waals surface area contributed by atoms with Crippen LogP contribution in [0, 0.1) is 5.92 Å². The van der Waals surface area contributed by atoms with Crippen LogP contribution in [-0.4, -0.2) is 46.0 Å². The van der Waals surface area contributed by atoms with Gasteiger partial charge in [0.05, 0.1) is 25.8 Å². The van der Waals surface area contributed by atoms with Gasteiger partial charge in [0.2, 0.25) is 5.82 Å². The quantitative estimate of drug-likeness (QED) is 0.412. The molecule has 0 saturated heterocycles. The monoisotopic (exact) mass is 494 g/mol. The predicted molar refractivity (Wildman–Crippen MR) is 138 cm³/mol. The molecule has 4 rings (SSSR count). The largest absolute Gasteiger partial charge is 0.504 e. The second-order valence-electron chi connectivity index (χ2n) is 8.80. The van der Waals surface area contributed by atoms with E-state index in [2.05, 4.69) is 29.2 Å². The molecule has 0 spiro atoms. The summed E-state index contributed by atoms with van der Waals surface area (Å²) in [5.74, 6) is 2.50. The zero-order chi connectivity index (χ0) is 25.1. The van der Waals surface area contributed by atoms with Crippen LogP contribution in [0.25, 0.3) is 17.0 Å².